The summed E-state index contributed by atoms with van der Waals surface area (Å²) in [6.45, 7) is 6.62. The number of nitrogens with one attached hydrogen (secondary N) is 1. The van der Waals surface area contributed by atoms with Gasteiger partial charge in [-0.05, 0) is 45.4 Å². The molecule has 2 heterocycles. The molecule has 0 spiro atoms. The van der Waals surface area contributed by atoms with Gasteiger partial charge >= 0.3 is 11.9 Å². The van der Waals surface area contributed by atoms with Gasteiger partial charge in [-0.3, -0.25) is 9.78 Å². The highest BCUT2D eigenvalue weighted by atomic mass is 16.5. The number of aryl methyl sites for hydroxylation is 2. The number of ether oxygens (including phenoxy) is 2. The van der Waals surface area contributed by atoms with E-state index in [0.29, 0.717) is 39.0 Å². The number of carbonyl (C=O) groups is 3. The average molecular weight is 394 g/mol. The smallest absolute Gasteiger partial charge is 0.339 e. The lowest BCUT2D eigenvalue weighted by atomic mass is 10.1. The summed E-state index contributed by atoms with van der Waals surface area (Å²) in [6, 6.07) is 8.88. The van der Waals surface area contributed by atoms with Gasteiger partial charge < -0.3 is 14.5 Å². The summed E-state index contributed by atoms with van der Waals surface area (Å²) in [7, 11) is 1.28. The zero-order valence-corrected chi connectivity index (χ0v) is 17.0. The maximum atomic E-state index is 12.9. The number of pyridine rings is 1. The predicted octanol–water partition coefficient (Wildman–Crippen LogP) is 3.70. The zero-order chi connectivity index (χ0) is 21.3. The van der Waals surface area contributed by atoms with Crippen molar-refractivity contribution in [3.05, 3.63) is 64.1 Å². The lowest BCUT2D eigenvalue weighted by Crippen LogP contribution is -2.25. The Morgan fingerprint density at radius 3 is 2.45 bits per heavy atom. The first-order chi connectivity index (χ1) is 13.7. The molecule has 3 aromatic rings. The van der Waals surface area contributed by atoms with E-state index >= 15 is 0 Å². The number of aromatic nitrogens is 2. The SMILES string of the molecule is COC(=O)c1c(C)[nH]c(C(=O)[C@@H](C)OC(=O)c2cc(C)nc3ccccc23)c1C. The number of rotatable bonds is 5. The van der Waals surface area contributed by atoms with Gasteiger partial charge in [0.1, 0.15) is 0 Å². The van der Waals surface area contributed by atoms with Crippen molar-refractivity contribution in [3.8, 4) is 0 Å². The normalized spacial score (nSPS) is 11.9. The van der Waals surface area contributed by atoms with Gasteiger partial charge in [0.05, 0.1) is 29.4 Å². The van der Waals surface area contributed by atoms with Gasteiger partial charge in [0, 0.05) is 16.8 Å². The number of Topliss-reactive ketones (excluding diaryl/α,β-unsaturated/α-hetero) is 1. The molecule has 2 aromatic heterocycles. The Bertz CT molecular complexity index is 1130. The minimum atomic E-state index is -1.04. The number of hydrogen-bond donors (Lipinski definition) is 1. The number of aromatic amines is 1. The summed E-state index contributed by atoms with van der Waals surface area (Å²) in [6.07, 6.45) is -1.04. The summed E-state index contributed by atoms with van der Waals surface area (Å²) < 4.78 is 10.2. The second-order valence-electron chi connectivity index (χ2n) is 6.86. The Morgan fingerprint density at radius 1 is 1.07 bits per heavy atom. The Morgan fingerprint density at radius 2 is 1.76 bits per heavy atom. The van der Waals surface area contributed by atoms with Crippen LogP contribution in [0.1, 0.15) is 55.1 Å². The number of esters is 2. The average Bonchev–Trinajstić information content (AvgIpc) is 2.99. The van der Waals surface area contributed by atoms with E-state index in [4.69, 9.17) is 9.47 Å². The quantitative estimate of drug-likeness (QED) is 0.523. The molecule has 0 fully saturated rings. The molecule has 29 heavy (non-hydrogen) atoms. The van der Waals surface area contributed by atoms with Crippen LogP contribution in [0.4, 0.5) is 0 Å². The topological polar surface area (TPSA) is 98.4 Å². The Balaban J connectivity index is 1.88. The van der Waals surface area contributed by atoms with E-state index in [9.17, 15) is 14.4 Å². The molecule has 0 saturated heterocycles. The van der Waals surface area contributed by atoms with Crippen LogP contribution in [0.3, 0.4) is 0 Å². The van der Waals surface area contributed by atoms with Gasteiger partial charge in [-0.15, -0.1) is 0 Å². The third kappa shape index (κ3) is 3.76. The van der Waals surface area contributed by atoms with Gasteiger partial charge in [0.2, 0.25) is 5.78 Å². The summed E-state index contributed by atoms with van der Waals surface area (Å²) in [4.78, 5) is 44.9. The highest BCUT2D eigenvalue weighted by Gasteiger charge is 2.28. The number of benzene rings is 1. The summed E-state index contributed by atoms with van der Waals surface area (Å²) in [5, 5.41) is 0.655. The number of ketones is 1. The van der Waals surface area contributed by atoms with Crippen LogP contribution >= 0.6 is 0 Å². The van der Waals surface area contributed by atoms with Crippen LogP contribution in [0.5, 0.6) is 0 Å². The van der Waals surface area contributed by atoms with Crippen LogP contribution in [0.25, 0.3) is 10.9 Å². The molecular formula is C22H22N2O5. The summed E-state index contributed by atoms with van der Waals surface area (Å²) in [5.41, 5.74) is 3.22. The molecule has 1 aromatic carbocycles. The van der Waals surface area contributed by atoms with Gasteiger partial charge in [0.15, 0.2) is 6.10 Å². The number of hydrogen-bond acceptors (Lipinski definition) is 6. The lowest BCUT2D eigenvalue weighted by molar-refractivity contribution is 0.0318. The number of nitrogens with zero attached hydrogens (tertiary/aromatic N) is 1. The standard InChI is InChI=1S/C22H22N2O5/c1-11-10-16(15-8-6-7-9-17(15)23-11)21(26)29-14(4)20(25)19-12(2)18(13(3)24-19)22(27)28-5/h6-10,14,24H,1-5H3/t14-/m1/s1. The molecule has 7 nitrogen and oxygen atoms in total. The van der Waals surface area contributed by atoms with Gasteiger partial charge in [-0.25, -0.2) is 9.59 Å². The van der Waals surface area contributed by atoms with Crippen molar-refractivity contribution < 1.29 is 23.9 Å². The van der Waals surface area contributed by atoms with Crippen LogP contribution in [0, 0.1) is 20.8 Å². The first-order valence-corrected chi connectivity index (χ1v) is 9.13. The fraction of sp³-hybridized carbons (Fsp3) is 0.273. The maximum absolute atomic E-state index is 12.9. The second kappa shape index (κ2) is 7.87. The predicted molar refractivity (Wildman–Crippen MR) is 107 cm³/mol. The van der Waals surface area contributed by atoms with Crippen molar-refractivity contribution >= 4 is 28.6 Å². The number of fused-ring (bicyclic) bond motifs is 1. The minimum absolute atomic E-state index is 0.221. The van der Waals surface area contributed by atoms with E-state index in [0.717, 1.165) is 0 Å². The molecule has 0 aliphatic heterocycles. The van der Waals surface area contributed by atoms with E-state index in [1.807, 2.05) is 18.2 Å². The van der Waals surface area contributed by atoms with Crippen molar-refractivity contribution in [2.75, 3.05) is 7.11 Å². The summed E-state index contributed by atoms with van der Waals surface area (Å²) in [5.74, 6) is -1.57. The van der Waals surface area contributed by atoms with E-state index in [-0.39, 0.29) is 5.69 Å². The lowest BCUT2D eigenvalue weighted by Gasteiger charge is -2.14. The molecule has 1 N–H and O–H groups in total. The van der Waals surface area contributed by atoms with Crippen LogP contribution < -0.4 is 0 Å². The maximum Gasteiger partial charge on any atom is 0.339 e. The Labute approximate surface area is 168 Å². The highest BCUT2D eigenvalue weighted by molar-refractivity contribution is 6.07. The second-order valence-corrected chi connectivity index (χ2v) is 6.86. The third-order valence-electron chi connectivity index (χ3n) is 4.79. The van der Waals surface area contributed by atoms with Gasteiger partial charge in [-0.2, -0.15) is 0 Å². The molecule has 7 heteroatoms. The van der Waals surface area contributed by atoms with Crippen molar-refractivity contribution in [3.63, 3.8) is 0 Å². The first-order valence-electron chi connectivity index (χ1n) is 9.13. The van der Waals surface area contributed by atoms with Crippen molar-refractivity contribution in [2.24, 2.45) is 0 Å². The van der Waals surface area contributed by atoms with Crippen LogP contribution in [0.15, 0.2) is 30.3 Å². The molecule has 3 rings (SSSR count). The first kappa shape index (κ1) is 20.3. The van der Waals surface area contributed by atoms with Gasteiger partial charge in [0.25, 0.3) is 0 Å². The van der Waals surface area contributed by atoms with Crippen molar-refractivity contribution in [2.45, 2.75) is 33.8 Å². The molecular weight excluding hydrogens is 372 g/mol. The van der Waals surface area contributed by atoms with Crippen LogP contribution in [0.2, 0.25) is 0 Å². The molecule has 1 atom stereocenters. The van der Waals surface area contributed by atoms with Crippen LogP contribution in [-0.4, -0.2) is 40.9 Å². The highest BCUT2D eigenvalue weighted by Crippen LogP contribution is 2.23. The third-order valence-corrected chi connectivity index (χ3v) is 4.79. The van der Waals surface area contributed by atoms with E-state index in [2.05, 4.69) is 9.97 Å². The van der Waals surface area contributed by atoms with Crippen molar-refractivity contribution in [1.29, 1.82) is 0 Å². The van der Waals surface area contributed by atoms with Crippen molar-refractivity contribution in [1.82, 2.24) is 9.97 Å². The molecule has 0 aliphatic rings. The molecule has 150 valence electrons. The molecule has 0 amide bonds. The monoisotopic (exact) mass is 394 g/mol. The van der Waals surface area contributed by atoms with E-state index in [1.54, 1.807) is 32.9 Å². The minimum Gasteiger partial charge on any atom is -0.465 e. The number of para-hydroxylation sites is 1. The largest absolute Gasteiger partial charge is 0.465 e. The molecule has 0 unspecified atom stereocenters. The number of methoxy groups -OCH3 is 1. The number of carbonyl (C=O) groups excluding carboxylic acids is 3. The molecule has 0 saturated carbocycles. The van der Waals surface area contributed by atoms with E-state index in [1.165, 1.54) is 14.0 Å². The zero-order valence-electron chi connectivity index (χ0n) is 17.0. The fourth-order valence-electron chi connectivity index (χ4n) is 3.36. The fourth-order valence-corrected chi connectivity index (χ4v) is 3.36. The van der Waals surface area contributed by atoms with Gasteiger partial charge in [-0.1, -0.05) is 18.2 Å². The molecule has 0 aliphatic carbocycles. The van der Waals surface area contributed by atoms with E-state index < -0.39 is 23.8 Å². The molecule has 0 bridgehead atoms. The number of H-pyrrole nitrogens is 1. The Kier molecular flexibility index (Phi) is 5.50. The van der Waals surface area contributed by atoms with Crippen LogP contribution in [-0.2, 0) is 9.47 Å². The Hall–Kier alpha value is -3.48. The molecule has 0 radical (unpaired) electrons. The summed E-state index contributed by atoms with van der Waals surface area (Å²) >= 11 is 0.